The van der Waals surface area contributed by atoms with Crippen LogP contribution in [0.15, 0.2) is 23.1 Å². The van der Waals surface area contributed by atoms with E-state index in [9.17, 15) is 12.8 Å². The van der Waals surface area contributed by atoms with E-state index in [4.69, 9.17) is 11.0 Å². The summed E-state index contributed by atoms with van der Waals surface area (Å²) in [7, 11) is -3.88. The minimum atomic E-state index is -3.88. The summed E-state index contributed by atoms with van der Waals surface area (Å²) in [6.45, 7) is 2.50. The zero-order chi connectivity index (χ0) is 14.9. The molecule has 0 spiro atoms. The van der Waals surface area contributed by atoms with E-state index in [-0.39, 0.29) is 16.9 Å². The van der Waals surface area contributed by atoms with Crippen molar-refractivity contribution in [2.75, 3.05) is 13.1 Å². The maximum atomic E-state index is 13.6. The van der Waals surface area contributed by atoms with Crippen LogP contribution < -0.4 is 5.73 Å². The molecule has 5 nitrogen and oxygen atoms in total. The van der Waals surface area contributed by atoms with Gasteiger partial charge in [0.2, 0.25) is 10.0 Å². The lowest BCUT2D eigenvalue weighted by atomic mass is 10.1. The lowest BCUT2D eigenvalue weighted by Gasteiger charge is -2.21. The normalized spacial score (nSPS) is 23.7. The Morgan fingerprint density at radius 3 is 2.80 bits per heavy atom. The predicted molar refractivity (Wildman–Crippen MR) is 71.6 cm³/mol. The van der Waals surface area contributed by atoms with E-state index in [0.717, 1.165) is 6.07 Å². The molecule has 1 aromatic carbocycles. The van der Waals surface area contributed by atoms with Crippen molar-refractivity contribution in [1.29, 1.82) is 5.26 Å². The Bertz CT molecular complexity index is 654. The van der Waals surface area contributed by atoms with Gasteiger partial charge in [0.05, 0.1) is 0 Å². The molecular weight excluding hydrogens is 281 g/mol. The summed E-state index contributed by atoms with van der Waals surface area (Å²) in [5.74, 6) is -0.727. The van der Waals surface area contributed by atoms with Crippen LogP contribution in [0, 0.1) is 23.1 Å². The zero-order valence-corrected chi connectivity index (χ0v) is 11.9. The van der Waals surface area contributed by atoms with Gasteiger partial charge in [0, 0.05) is 12.6 Å². The average Bonchev–Trinajstić information content (AvgIpc) is 2.80. The van der Waals surface area contributed by atoms with Crippen molar-refractivity contribution in [2.24, 2.45) is 11.7 Å². The number of hydrogen-bond donors (Lipinski definition) is 1. The molecule has 0 bridgehead atoms. The zero-order valence-electron chi connectivity index (χ0n) is 11.1. The molecule has 2 atom stereocenters. The van der Waals surface area contributed by atoms with Gasteiger partial charge < -0.3 is 5.73 Å². The Labute approximate surface area is 117 Å². The lowest BCUT2D eigenvalue weighted by Crippen LogP contribution is -2.35. The summed E-state index contributed by atoms with van der Waals surface area (Å²) in [5.41, 5.74) is 5.15. The van der Waals surface area contributed by atoms with Crippen molar-refractivity contribution in [1.82, 2.24) is 4.31 Å². The van der Waals surface area contributed by atoms with E-state index in [1.54, 1.807) is 13.0 Å². The monoisotopic (exact) mass is 297 g/mol. The van der Waals surface area contributed by atoms with Gasteiger partial charge in [-0.25, -0.2) is 12.8 Å². The van der Waals surface area contributed by atoms with Crippen LogP contribution in [0.4, 0.5) is 4.39 Å². The third-order valence-electron chi connectivity index (χ3n) is 3.61. The Morgan fingerprint density at radius 1 is 1.55 bits per heavy atom. The third-order valence-corrected chi connectivity index (χ3v) is 5.63. The molecule has 7 heteroatoms. The first-order chi connectivity index (χ1) is 9.41. The summed E-state index contributed by atoms with van der Waals surface area (Å²) in [6, 6.07) is 5.06. The molecule has 1 fully saturated rings. The first-order valence-electron chi connectivity index (χ1n) is 6.32. The first-order valence-corrected chi connectivity index (χ1v) is 7.76. The van der Waals surface area contributed by atoms with Gasteiger partial charge in [-0.1, -0.05) is 6.07 Å². The second-order valence-electron chi connectivity index (χ2n) is 4.99. The number of sulfonamides is 1. The highest BCUT2D eigenvalue weighted by molar-refractivity contribution is 7.89. The molecule has 1 heterocycles. The second kappa shape index (κ2) is 5.48. The van der Waals surface area contributed by atoms with E-state index in [0.29, 0.717) is 19.5 Å². The summed E-state index contributed by atoms with van der Waals surface area (Å²) >= 11 is 0. The molecular formula is C13H16FN3O2S. The van der Waals surface area contributed by atoms with Crippen molar-refractivity contribution < 1.29 is 12.8 Å². The fourth-order valence-electron chi connectivity index (χ4n) is 2.57. The molecule has 1 aliphatic rings. The molecule has 20 heavy (non-hydrogen) atoms. The van der Waals surface area contributed by atoms with Gasteiger partial charge in [-0.2, -0.15) is 9.57 Å². The third kappa shape index (κ3) is 2.42. The van der Waals surface area contributed by atoms with Gasteiger partial charge in [0.25, 0.3) is 0 Å². The highest BCUT2D eigenvalue weighted by Gasteiger charge is 2.38. The molecule has 108 valence electrons. The number of hydrogen-bond acceptors (Lipinski definition) is 4. The molecule has 0 aromatic heterocycles. The first kappa shape index (κ1) is 14.9. The molecule has 2 unspecified atom stereocenters. The van der Waals surface area contributed by atoms with Crippen molar-refractivity contribution in [2.45, 2.75) is 24.3 Å². The van der Waals surface area contributed by atoms with Crippen LogP contribution in [-0.2, 0) is 10.0 Å². The van der Waals surface area contributed by atoms with Crippen molar-refractivity contribution in [3.8, 4) is 6.07 Å². The standard InChI is InChI=1S/C13H16FN3O2S/c1-9-5-10(6-15)8-17(9)20(18,19)13-4-2-3-12(14)11(13)7-16/h2-4,9-10H,5-6,8,15H2,1H3. The number of nitrogens with zero attached hydrogens (tertiary/aromatic N) is 2. The minimum absolute atomic E-state index is 0.0962. The highest BCUT2D eigenvalue weighted by atomic mass is 32.2. The van der Waals surface area contributed by atoms with Crippen LogP contribution in [0.3, 0.4) is 0 Å². The van der Waals surface area contributed by atoms with Crippen molar-refractivity contribution in [3.63, 3.8) is 0 Å². The topological polar surface area (TPSA) is 87.2 Å². The van der Waals surface area contributed by atoms with Gasteiger partial charge in [-0.15, -0.1) is 0 Å². The predicted octanol–water partition coefficient (Wildman–Crippen LogP) is 1.06. The quantitative estimate of drug-likeness (QED) is 0.903. The Kier molecular flexibility index (Phi) is 4.09. The van der Waals surface area contributed by atoms with E-state index in [1.165, 1.54) is 16.4 Å². The van der Waals surface area contributed by atoms with Crippen LogP contribution in [0.5, 0.6) is 0 Å². The molecule has 0 radical (unpaired) electrons. The molecule has 2 rings (SSSR count). The van der Waals surface area contributed by atoms with Crippen LogP contribution >= 0.6 is 0 Å². The number of benzene rings is 1. The fraction of sp³-hybridized carbons (Fsp3) is 0.462. The number of halogens is 1. The highest BCUT2D eigenvalue weighted by Crippen LogP contribution is 2.30. The molecule has 0 aliphatic carbocycles. The summed E-state index contributed by atoms with van der Waals surface area (Å²) < 4.78 is 40.1. The van der Waals surface area contributed by atoms with E-state index in [2.05, 4.69) is 0 Å². The van der Waals surface area contributed by atoms with Gasteiger partial charge in [0.1, 0.15) is 22.3 Å². The summed E-state index contributed by atoms with van der Waals surface area (Å²) in [6.07, 6.45) is 0.674. The largest absolute Gasteiger partial charge is 0.330 e. The molecule has 1 aromatic rings. The van der Waals surface area contributed by atoms with Gasteiger partial charge in [-0.05, 0) is 37.9 Å². The molecule has 2 N–H and O–H groups in total. The van der Waals surface area contributed by atoms with Crippen LogP contribution in [0.25, 0.3) is 0 Å². The molecule has 0 saturated carbocycles. The van der Waals surface area contributed by atoms with E-state index < -0.39 is 21.4 Å². The number of nitrogens with two attached hydrogens (primary N) is 1. The fourth-order valence-corrected chi connectivity index (χ4v) is 4.44. The van der Waals surface area contributed by atoms with Crippen LogP contribution in [0.1, 0.15) is 18.9 Å². The van der Waals surface area contributed by atoms with Crippen LogP contribution in [0.2, 0.25) is 0 Å². The van der Waals surface area contributed by atoms with Gasteiger partial charge in [0.15, 0.2) is 0 Å². The maximum absolute atomic E-state index is 13.6. The van der Waals surface area contributed by atoms with Crippen molar-refractivity contribution in [3.05, 3.63) is 29.6 Å². The van der Waals surface area contributed by atoms with Crippen molar-refractivity contribution >= 4 is 10.0 Å². The van der Waals surface area contributed by atoms with E-state index in [1.807, 2.05) is 0 Å². The maximum Gasteiger partial charge on any atom is 0.244 e. The Balaban J connectivity index is 2.47. The summed E-state index contributed by atoms with van der Waals surface area (Å²) in [5, 5.41) is 8.98. The van der Waals surface area contributed by atoms with E-state index >= 15 is 0 Å². The summed E-state index contributed by atoms with van der Waals surface area (Å²) in [4.78, 5) is -0.274. The SMILES string of the molecule is CC1CC(CN)CN1S(=O)(=O)c1cccc(F)c1C#N. The number of rotatable bonds is 3. The molecule has 0 amide bonds. The Morgan fingerprint density at radius 2 is 2.25 bits per heavy atom. The number of nitriles is 1. The smallest absolute Gasteiger partial charge is 0.244 e. The lowest BCUT2D eigenvalue weighted by molar-refractivity contribution is 0.404. The average molecular weight is 297 g/mol. The molecule has 1 aliphatic heterocycles. The Hall–Kier alpha value is -1.49. The molecule has 1 saturated heterocycles. The minimum Gasteiger partial charge on any atom is -0.330 e. The van der Waals surface area contributed by atoms with Gasteiger partial charge in [-0.3, -0.25) is 0 Å². The van der Waals surface area contributed by atoms with Gasteiger partial charge >= 0.3 is 0 Å². The van der Waals surface area contributed by atoms with Crippen LogP contribution in [-0.4, -0.2) is 31.9 Å². The second-order valence-corrected chi connectivity index (χ2v) is 6.84.